The second kappa shape index (κ2) is 8.47. The summed E-state index contributed by atoms with van der Waals surface area (Å²) in [7, 11) is 0. The van der Waals surface area contributed by atoms with Gasteiger partial charge in [0.2, 0.25) is 0 Å². The molecule has 1 atom stereocenters. The average molecular weight is 376 g/mol. The van der Waals surface area contributed by atoms with Gasteiger partial charge in [-0.25, -0.2) is 4.98 Å². The third-order valence-corrected chi connectivity index (χ3v) is 4.48. The van der Waals surface area contributed by atoms with Crippen molar-refractivity contribution in [2.24, 2.45) is 5.73 Å². The molecule has 0 fully saturated rings. The van der Waals surface area contributed by atoms with E-state index in [9.17, 15) is 9.90 Å². The number of thiazole rings is 1. The van der Waals surface area contributed by atoms with E-state index < -0.39 is 6.10 Å². The standard InChI is InChI=1S/C14H15Cl2N3O3S/c15-9-2-1-3-11(13(9)16)22-6-8(20)5-18-14(21)10-7-23-12(4-17)19-10/h1-3,7-8,20H,4-6,17H2,(H,18,21). The van der Waals surface area contributed by atoms with Gasteiger partial charge < -0.3 is 20.9 Å². The Hall–Kier alpha value is -1.38. The Balaban J connectivity index is 1.79. The van der Waals surface area contributed by atoms with Gasteiger partial charge in [0.25, 0.3) is 5.91 Å². The molecule has 0 bridgehead atoms. The number of carbonyl (C=O) groups excluding carboxylic acids is 1. The number of hydrogen-bond donors (Lipinski definition) is 3. The fraction of sp³-hybridized carbons (Fsp3) is 0.286. The highest BCUT2D eigenvalue weighted by molar-refractivity contribution is 7.09. The predicted octanol–water partition coefficient (Wildman–Crippen LogP) is 2.08. The zero-order chi connectivity index (χ0) is 16.8. The molecule has 0 aliphatic carbocycles. The Morgan fingerprint density at radius 1 is 1.48 bits per heavy atom. The predicted molar refractivity (Wildman–Crippen MR) is 90.3 cm³/mol. The van der Waals surface area contributed by atoms with E-state index in [1.807, 2.05) is 0 Å². The molecule has 0 aliphatic heterocycles. The molecule has 23 heavy (non-hydrogen) atoms. The van der Waals surface area contributed by atoms with E-state index in [1.54, 1.807) is 23.6 Å². The van der Waals surface area contributed by atoms with Gasteiger partial charge in [-0.2, -0.15) is 0 Å². The number of nitrogens with zero attached hydrogens (tertiary/aromatic N) is 1. The minimum absolute atomic E-state index is 0.0203. The summed E-state index contributed by atoms with van der Waals surface area (Å²) in [5, 5.41) is 15.4. The first-order chi connectivity index (χ1) is 11.0. The molecule has 0 spiro atoms. The largest absolute Gasteiger partial charge is 0.489 e. The molecule has 1 unspecified atom stereocenters. The van der Waals surface area contributed by atoms with E-state index in [1.165, 1.54) is 11.3 Å². The van der Waals surface area contributed by atoms with E-state index in [0.29, 0.717) is 15.8 Å². The molecule has 124 valence electrons. The maximum atomic E-state index is 11.9. The van der Waals surface area contributed by atoms with Crippen molar-refractivity contribution in [1.29, 1.82) is 0 Å². The van der Waals surface area contributed by atoms with Gasteiger partial charge in [0, 0.05) is 18.5 Å². The van der Waals surface area contributed by atoms with Crippen LogP contribution in [0.3, 0.4) is 0 Å². The first kappa shape index (κ1) is 18.0. The van der Waals surface area contributed by atoms with Crippen LogP contribution < -0.4 is 15.8 Å². The van der Waals surface area contributed by atoms with Crippen molar-refractivity contribution >= 4 is 40.4 Å². The highest BCUT2D eigenvalue weighted by atomic mass is 35.5. The number of amides is 1. The number of halogens is 2. The van der Waals surface area contributed by atoms with E-state index in [2.05, 4.69) is 10.3 Å². The summed E-state index contributed by atoms with van der Waals surface area (Å²) in [6, 6.07) is 4.97. The lowest BCUT2D eigenvalue weighted by Crippen LogP contribution is -2.35. The van der Waals surface area contributed by atoms with Crippen LogP contribution in [0.5, 0.6) is 5.75 Å². The van der Waals surface area contributed by atoms with Crippen molar-refractivity contribution in [2.45, 2.75) is 12.6 Å². The zero-order valence-corrected chi connectivity index (χ0v) is 14.3. The van der Waals surface area contributed by atoms with Crippen molar-refractivity contribution in [2.75, 3.05) is 13.2 Å². The molecular weight excluding hydrogens is 361 g/mol. The topological polar surface area (TPSA) is 97.5 Å². The molecule has 2 rings (SSSR count). The number of nitrogens with one attached hydrogen (secondary N) is 1. The molecule has 1 aromatic carbocycles. The summed E-state index contributed by atoms with van der Waals surface area (Å²) in [6.45, 7) is 0.271. The lowest BCUT2D eigenvalue weighted by atomic mass is 10.3. The molecule has 6 nitrogen and oxygen atoms in total. The number of aliphatic hydroxyl groups is 1. The van der Waals surface area contributed by atoms with Crippen LogP contribution in [-0.2, 0) is 6.54 Å². The van der Waals surface area contributed by atoms with Crippen LogP contribution in [0, 0.1) is 0 Å². The van der Waals surface area contributed by atoms with Crippen molar-refractivity contribution in [1.82, 2.24) is 10.3 Å². The van der Waals surface area contributed by atoms with Crippen molar-refractivity contribution in [3.8, 4) is 5.75 Å². The quantitative estimate of drug-likeness (QED) is 0.688. The maximum Gasteiger partial charge on any atom is 0.270 e. The van der Waals surface area contributed by atoms with E-state index in [0.717, 1.165) is 0 Å². The summed E-state index contributed by atoms with van der Waals surface area (Å²) < 4.78 is 5.39. The molecule has 0 saturated carbocycles. The molecule has 1 heterocycles. The Morgan fingerprint density at radius 3 is 2.96 bits per heavy atom. The number of ether oxygens (including phenoxy) is 1. The Morgan fingerprint density at radius 2 is 2.26 bits per heavy atom. The van der Waals surface area contributed by atoms with Gasteiger partial charge in [0.1, 0.15) is 34.2 Å². The maximum absolute atomic E-state index is 11.9. The van der Waals surface area contributed by atoms with E-state index >= 15 is 0 Å². The monoisotopic (exact) mass is 375 g/mol. The van der Waals surface area contributed by atoms with Gasteiger partial charge in [-0.1, -0.05) is 29.3 Å². The van der Waals surface area contributed by atoms with Crippen LogP contribution in [0.2, 0.25) is 10.0 Å². The summed E-state index contributed by atoms with van der Waals surface area (Å²) in [5.74, 6) is -0.00239. The van der Waals surface area contributed by atoms with Crippen LogP contribution in [0.4, 0.5) is 0 Å². The summed E-state index contributed by atoms with van der Waals surface area (Å²) in [5.41, 5.74) is 5.72. The summed E-state index contributed by atoms with van der Waals surface area (Å²) >= 11 is 13.2. The molecule has 0 aliphatic rings. The Bertz CT molecular complexity index is 681. The number of rotatable bonds is 7. The van der Waals surface area contributed by atoms with Crippen LogP contribution in [-0.4, -0.2) is 35.3 Å². The third kappa shape index (κ3) is 5.05. The second-order valence-electron chi connectivity index (χ2n) is 4.56. The van der Waals surface area contributed by atoms with Crippen LogP contribution >= 0.6 is 34.5 Å². The fourth-order valence-electron chi connectivity index (χ4n) is 1.65. The molecule has 1 aromatic heterocycles. The first-order valence-electron chi connectivity index (χ1n) is 6.68. The first-order valence-corrected chi connectivity index (χ1v) is 8.32. The van der Waals surface area contributed by atoms with Crippen LogP contribution in [0.1, 0.15) is 15.5 Å². The number of nitrogens with two attached hydrogens (primary N) is 1. The number of carbonyl (C=O) groups is 1. The van der Waals surface area contributed by atoms with Crippen LogP contribution in [0.25, 0.3) is 0 Å². The molecule has 2 aromatic rings. The SMILES string of the molecule is NCc1nc(C(=O)NCC(O)COc2cccc(Cl)c2Cl)cs1. The summed E-state index contributed by atoms with van der Waals surface area (Å²) in [4.78, 5) is 15.9. The minimum Gasteiger partial charge on any atom is -0.489 e. The van der Waals surface area contributed by atoms with E-state index in [-0.39, 0.29) is 36.3 Å². The van der Waals surface area contributed by atoms with Gasteiger partial charge in [-0.15, -0.1) is 11.3 Å². The van der Waals surface area contributed by atoms with E-state index in [4.69, 9.17) is 33.7 Å². The highest BCUT2D eigenvalue weighted by Crippen LogP contribution is 2.31. The number of benzene rings is 1. The fourth-order valence-corrected chi connectivity index (χ4v) is 2.65. The van der Waals surface area contributed by atoms with Crippen LogP contribution in [0.15, 0.2) is 23.6 Å². The zero-order valence-electron chi connectivity index (χ0n) is 12.0. The number of aromatic nitrogens is 1. The number of aliphatic hydroxyl groups excluding tert-OH is 1. The smallest absolute Gasteiger partial charge is 0.270 e. The van der Waals surface area contributed by atoms with Crippen molar-refractivity contribution in [3.05, 3.63) is 44.3 Å². The van der Waals surface area contributed by atoms with Gasteiger partial charge in [-0.3, -0.25) is 4.79 Å². The highest BCUT2D eigenvalue weighted by Gasteiger charge is 2.13. The molecule has 9 heteroatoms. The van der Waals surface area contributed by atoms with Gasteiger partial charge >= 0.3 is 0 Å². The molecular formula is C14H15Cl2N3O3S. The molecule has 4 N–H and O–H groups in total. The van der Waals surface area contributed by atoms with Crippen molar-refractivity contribution < 1.29 is 14.6 Å². The second-order valence-corrected chi connectivity index (χ2v) is 6.29. The average Bonchev–Trinajstić information content (AvgIpc) is 3.03. The molecule has 0 radical (unpaired) electrons. The third-order valence-electron chi connectivity index (χ3n) is 2.80. The summed E-state index contributed by atoms with van der Waals surface area (Å²) in [6.07, 6.45) is -0.901. The number of hydrogen-bond acceptors (Lipinski definition) is 6. The van der Waals surface area contributed by atoms with Crippen molar-refractivity contribution in [3.63, 3.8) is 0 Å². The Kier molecular flexibility index (Phi) is 6.61. The lowest BCUT2D eigenvalue weighted by Gasteiger charge is -2.14. The Labute approximate surface area is 147 Å². The molecule has 0 saturated heterocycles. The minimum atomic E-state index is -0.901. The van der Waals surface area contributed by atoms with Gasteiger partial charge in [-0.05, 0) is 12.1 Å². The molecule has 1 amide bonds. The van der Waals surface area contributed by atoms with Gasteiger partial charge in [0.15, 0.2) is 0 Å². The van der Waals surface area contributed by atoms with Gasteiger partial charge in [0.05, 0.1) is 5.02 Å². The lowest BCUT2D eigenvalue weighted by molar-refractivity contribution is 0.0840. The normalized spacial score (nSPS) is 12.0.